The molecule has 5 nitrogen and oxygen atoms in total. The van der Waals surface area contributed by atoms with Crippen LogP contribution in [-0.4, -0.2) is 11.8 Å². The summed E-state index contributed by atoms with van der Waals surface area (Å²) < 4.78 is 2.26. The van der Waals surface area contributed by atoms with Crippen LogP contribution in [0.25, 0.3) is 32.9 Å². The first-order valence-electron chi connectivity index (χ1n) is 10.0. The highest BCUT2D eigenvalue weighted by Gasteiger charge is 2.23. The van der Waals surface area contributed by atoms with Crippen LogP contribution in [-0.2, 0) is 16.1 Å². The lowest BCUT2D eigenvalue weighted by Crippen LogP contribution is -2.36. The highest BCUT2D eigenvalue weighted by molar-refractivity contribution is 6.11. The number of nitrogens with zero attached hydrogens (tertiary/aromatic N) is 1. The number of hydrogen-bond donors (Lipinski definition) is 2. The van der Waals surface area contributed by atoms with Gasteiger partial charge in [0, 0.05) is 42.2 Å². The molecule has 1 heterocycles. The Morgan fingerprint density at radius 2 is 1.37 bits per heavy atom. The summed E-state index contributed by atoms with van der Waals surface area (Å²) in [6.07, 6.45) is 0. The number of aryl methyl sites for hydroxylation is 1. The van der Waals surface area contributed by atoms with Gasteiger partial charge in [0.05, 0.1) is 10.8 Å². The summed E-state index contributed by atoms with van der Waals surface area (Å²) >= 11 is 0. The largest absolute Gasteiger partial charge is 0.326 e. The molecule has 0 aliphatic heterocycles. The van der Waals surface area contributed by atoms with Crippen LogP contribution in [0.15, 0.2) is 66.7 Å². The number of amides is 2. The number of rotatable bonds is 4. The van der Waals surface area contributed by atoms with Crippen LogP contribution in [0, 0.1) is 0 Å². The lowest BCUT2D eigenvalue weighted by molar-refractivity contribution is -0.655. The Morgan fingerprint density at radius 3 is 1.97 bits per heavy atom. The standard InChI is InChI=1S/C25H23N3O2/c1-4-28-24-15-20(27-17(3)30)11-13-22(24)21-12-10-19(26-16(2)29)14-23(21)25(28)18-8-6-5-7-9-18/h5-15H,4H2,1-3H3,(H,26,29)/p+1. The van der Waals surface area contributed by atoms with Crippen LogP contribution in [0.3, 0.4) is 0 Å². The van der Waals surface area contributed by atoms with Gasteiger partial charge in [-0.1, -0.05) is 24.3 Å². The molecule has 0 aliphatic rings. The molecule has 0 bridgehead atoms. The second-order valence-corrected chi connectivity index (χ2v) is 7.31. The van der Waals surface area contributed by atoms with Gasteiger partial charge in [0.1, 0.15) is 6.54 Å². The zero-order valence-electron chi connectivity index (χ0n) is 17.3. The Bertz CT molecular complexity index is 1280. The maximum Gasteiger partial charge on any atom is 0.221 e. The van der Waals surface area contributed by atoms with E-state index >= 15 is 0 Å². The van der Waals surface area contributed by atoms with Crippen molar-refractivity contribution >= 4 is 44.9 Å². The summed E-state index contributed by atoms with van der Waals surface area (Å²) in [6.45, 7) is 5.89. The molecule has 0 aliphatic carbocycles. The Hall–Kier alpha value is -3.73. The third-order valence-corrected chi connectivity index (χ3v) is 5.13. The Labute approximate surface area is 175 Å². The predicted molar refractivity (Wildman–Crippen MR) is 121 cm³/mol. The van der Waals surface area contributed by atoms with E-state index in [-0.39, 0.29) is 11.8 Å². The van der Waals surface area contributed by atoms with Crippen molar-refractivity contribution in [3.8, 4) is 11.3 Å². The van der Waals surface area contributed by atoms with Crippen LogP contribution >= 0.6 is 0 Å². The summed E-state index contributed by atoms with van der Waals surface area (Å²) in [7, 11) is 0. The van der Waals surface area contributed by atoms with Crippen molar-refractivity contribution in [3.05, 3.63) is 66.7 Å². The highest BCUT2D eigenvalue weighted by atomic mass is 16.2. The molecule has 5 heteroatoms. The van der Waals surface area contributed by atoms with Gasteiger partial charge in [-0.2, -0.15) is 4.57 Å². The van der Waals surface area contributed by atoms with Crippen LogP contribution in [0.5, 0.6) is 0 Å². The van der Waals surface area contributed by atoms with Crippen molar-refractivity contribution in [1.82, 2.24) is 0 Å². The van der Waals surface area contributed by atoms with Crippen LogP contribution < -0.4 is 15.2 Å². The fourth-order valence-corrected chi connectivity index (χ4v) is 4.02. The number of nitrogens with one attached hydrogen (secondary N) is 2. The molecular weight excluding hydrogens is 374 g/mol. The number of aromatic nitrogens is 1. The monoisotopic (exact) mass is 398 g/mol. The van der Waals surface area contributed by atoms with Crippen molar-refractivity contribution in [1.29, 1.82) is 0 Å². The minimum Gasteiger partial charge on any atom is -0.326 e. The maximum absolute atomic E-state index is 11.6. The fourth-order valence-electron chi connectivity index (χ4n) is 4.02. The first-order chi connectivity index (χ1) is 14.5. The van der Waals surface area contributed by atoms with Crippen molar-refractivity contribution in [2.24, 2.45) is 0 Å². The molecule has 150 valence electrons. The first-order valence-corrected chi connectivity index (χ1v) is 10.0. The molecule has 0 saturated carbocycles. The minimum absolute atomic E-state index is 0.0959. The fraction of sp³-hybridized carbons (Fsp3) is 0.160. The van der Waals surface area contributed by atoms with Gasteiger partial charge in [-0.25, -0.2) is 0 Å². The van der Waals surface area contributed by atoms with E-state index in [1.165, 1.54) is 13.8 Å². The van der Waals surface area contributed by atoms with E-state index in [1.807, 2.05) is 54.6 Å². The second-order valence-electron chi connectivity index (χ2n) is 7.31. The summed E-state index contributed by atoms with van der Waals surface area (Å²) in [5, 5.41) is 9.03. The van der Waals surface area contributed by atoms with Crippen LogP contribution in [0.1, 0.15) is 20.8 Å². The van der Waals surface area contributed by atoms with Gasteiger partial charge in [-0.05, 0) is 43.3 Å². The molecule has 4 aromatic rings. The smallest absolute Gasteiger partial charge is 0.221 e. The molecule has 0 radical (unpaired) electrons. The molecule has 0 unspecified atom stereocenters. The van der Waals surface area contributed by atoms with Gasteiger partial charge in [-0.3, -0.25) is 9.59 Å². The minimum atomic E-state index is -0.0975. The van der Waals surface area contributed by atoms with Crippen molar-refractivity contribution in [2.75, 3.05) is 10.6 Å². The van der Waals surface area contributed by atoms with E-state index in [0.717, 1.165) is 50.9 Å². The lowest BCUT2D eigenvalue weighted by Gasteiger charge is -2.13. The van der Waals surface area contributed by atoms with E-state index in [2.05, 4.69) is 34.3 Å². The van der Waals surface area contributed by atoms with Crippen molar-refractivity contribution in [3.63, 3.8) is 0 Å². The summed E-state index contributed by atoms with van der Waals surface area (Å²) in [6, 6.07) is 22.2. The SMILES string of the molecule is CC[n+]1c(-c2ccccc2)c2cc(NC(C)=O)ccc2c2ccc(NC(C)=O)cc21. The number of fused-ring (bicyclic) bond motifs is 3. The molecule has 0 fully saturated rings. The molecule has 0 saturated heterocycles. The number of carbonyl (C=O) groups is 2. The third-order valence-electron chi connectivity index (χ3n) is 5.13. The molecule has 2 N–H and O–H groups in total. The molecule has 1 aromatic heterocycles. The summed E-state index contributed by atoms with van der Waals surface area (Å²) in [5.41, 5.74) is 4.75. The average molecular weight is 398 g/mol. The number of anilines is 2. The van der Waals surface area contributed by atoms with E-state index in [4.69, 9.17) is 0 Å². The molecule has 0 spiro atoms. The predicted octanol–water partition coefficient (Wildman–Crippen LogP) is 4.88. The number of hydrogen-bond acceptors (Lipinski definition) is 2. The lowest BCUT2D eigenvalue weighted by atomic mass is 9.98. The highest BCUT2D eigenvalue weighted by Crippen LogP contribution is 2.34. The van der Waals surface area contributed by atoms with Crippen molar-refractivity contribution < 1.29 is 14.2 Å². The van der Waals surface area contributed by atoms with Gasteiger partial charge in [0.25, 0.3) is 0 Å². The summed E-state index contributed by atoms with van der Waals surface area (Å²) in [4.78, 5) is 23.2. The van der Waals surface area contributed by atoms with E-state index < -0.39 is 0 Å². The molecule has 3 aromatic carbocycles. The second kappa shape index (κ2) is 7.95. The number of benzene rings is 3. The van der Waals surface area contributed by atoms with Crippen molar-refractivity contribution in [2.45, 2.75) is 27.3 Å². The van der Waals surface area contributed by atoms with Crippen LogP contribution in [0.2, 0.25) is 0 Å². The first kappa shape index (κ1) is 19.6. The van der Waals surface area contributed by atoms with Gasteiger partial charge in [0.15, 0.2) is 0 Å². The topological polar surface area (TPSA) is 62.1 Å². The quantitative estimate of drug-likeness (QED) is 0.380. The molecule has 30 heavy (non-hydrogen) atoms. The zero-order chi connectivity index (χ0) is 21.3. The Balaban J connectivity index is 2.12. The molecular formula is C25H24N3O2+. The molecule has 0 atom stereocenters. The average Bonchev–Trinajstić information content (AvgIpc) is 2.72. The summed E-state index contributed by atoms with van der Waals surface area (Å²) in [5.74, 6) is -0.193. The Kier molecular flexibility index (Phi) is 5.19. The zero-order valence-corrected chi connectivity index (χ0v) is 17.3. The maximum atomic E-state index is 11.6. The third kappa shape index (κ3) is 3.62. The van der Waals surface area contributed by atoms with Gasteiger partial charge >= 0.3 is 0 Å². The van der Waals surface area contributed by atoms with E-state index in [1.54, 1.807) is 0 Å². The number of carbonyl (C=O) groups excluding carboxylic acids is 2. The van der Waals surface area contributed by atoms with E-state index in [0.29, 0.717) is 0 Å². The molecule has 4 rings (SSSR count). The van der Waals surface area contributed by atoms with Gasteiger partial charge < -0.3 is 10.6 Å². The molecule has 2 amide bonds. The van der Waals surface area contributed by atoms with E-state index in [9.17, 15) is 9.59 Å². The van der Waals surface area contributed by atoms with Gasteiger partial charge in [0.2, 0.25) is 23.0 Å². The normalized spacial score (nSPS) is 10.9. The van der Waals surface area contributed by atoms with Gasteiger partial charge in [-0.15, -0.1) is 0 Å². The Morgan fingerprint density at radius 1 is 0.767 bits per heavy atom. The van der Waals surface area contributed by atoms with Crippen LogP contribution in [0.4, 0.5) is 11.4 Å². The number of pyridine rings is 1.